The average Bonchev–Trinajstić information content (AvgIpc) is 2.79. The van der Waals surface area contributed by atoms with Gasteiger partial charge in [0.1, 0.15) is 0 Å². The molecule has 1 aliphatic rings. The lowest BCUT2D eigenvalue weighted by Crippen LogP contribution is -2.39. The Morgan fingerprint density at radius 3 is 2.83 bits per heavy atom. The fraction of sp³-hybridized carbons (Fsp3) is 0.417. The van der Waals surface area contributed by atoms with Crippen LogP contribution in [-0.4, -0.2) is 26.2 Å². The number of fused-ring (bicyclic) bond motifs is 1. The van der Waals surface area contributed by atoms with Gasteiger partial charge in [-0.25, -0.2) is 4.79 Å². The van der Waals surface area contributed by atoms with Crippen molar-refractivity contribution in [1.29, 1.82) is 0 Å². The molecule has 6 heteroatoms. The van der Waals surface area contributed by atoms with Crippen molar-refractivity contribution in [2.75, 3.05) is 14.2 Å². The fourth-order valence-corrected chi connectivity index (χ4v) is 1.62. The summed E-state index contributed by atoms with van der Waals surface area (Å²) in [6, 6.07) is 5.06. The predicted octanol–water partition coefficient (Wildman–Crippen LogP) is 1.89. The molecule has 0 aromatic heterocycles. The minimum Gasteiger partial charge on any atom is -0.426 e. The summed E-state index contributed by atoms with van der Waals surface area (Å²) < 4.78 is 21.5. The second kappa shape index (κ2) is 4.73. The predicted molar refractivity (Wildman–Crippen MR) is 62.8 cm³/mol. The van der Waals surface area contributed by atoms with Gasteiger partial charge in [-0.1, -0.05) is 13.0 Å². The number of carbonyl (C=O) groups excluding carboxylic acids is 1. The number of methoxy groups -OCH3 is 1. The van der Waals surface area contributed by atoms with Crippen LogP contribution in [0.15, 0.2) is 18.2 Å². The Balaban J connectivity index is 2.29. The van der Waals surface area contributed by atoms with Crippen LogP contribution in [0.5, 0.6) is 17.2 Å². The number of hydrogen-bond acceptors (Lipinski definition) is 5. The first kappa shape index (κ1) is 12.5. The van der Waals surface area contributed by atoms with Gasteiger partial charge in [-0.05, 0) is 12.1 Å². The van der Waals surface area contributed by atoms with Gasteiger partial charge in [0.25, 0.3) is 0 Å². The highest BCUT2D eigenvalue weighted by molar-refractivity contribution is 5.72. The van der Waals surface area contributed by atoms with E-state index in [1.54, 1.807) is 18.2 Å². The van der Waals surface area contributed by atoms with Crippen LogP contribution in [0, 0.1) is 0 Å². The fourth-order valence-electron chi connectivity index (χ4n) is 1.62. The van der Waals surface area contributed by atoms with Crippen molar-refractivity contribution in [3.05, 3.63) is 18.2 Å². The molecule has 1 aromatic rings. The number of carbonyl (C=O) groups is 1. The van der Waals surface area contributed by atoms with E-state index in [1.165, 1.54) is 14.2 Å². The Hall–Kier alpha value is -1.95. The van der Waals surface area contributed by atoms with E-state index in [0.29, 0.717) is 23.7 Å². The molecule has 0 fully saturated rings. The number of rotatable bonds is 3. The quantitative estimate of drug-likeness (QED) is 0.891. The maximum Gasteiger partial charge on any atom is 0.412 e. The zero-order valence-corrected chi connectivity index (χ0v) is 10.5. The van der Waals surface area contributed by atoms with Gasteiger partial charge in [0.15, 0.2) is 11.5 Å². The van der Waals surface area contributed by atoms with Crippen LogP contribution in [0.2, 0.25) is 0 Å². The molecule has 18 heavy (non-hydrogen) atoms. The lowest BCUT2D eigenvalue weighted by Gasteiger charge is -2.23. The summed E-state index contributed by atoms with van der Waals surface area (Å²) in [6.07, 6.45) is -0.0733. The molecule has 2 rings (SSSR count). The molecular formula is C12H15NO5. The number of hydrogen-bond donors (Lipinski definition) is 1. The maximum absolute atomic E-state index is 11.2. The third kappa shape index (κ3) is 2.06. The monoisotopic (exact) mass is 253 g/mol. The van der Waals surface area contributed by atoms with Crippen LogP contribution < -0.4 is 19.5 Å². The van der Waals surface area contributed by atoms with Gasteiger partial charge < -0.3 is 24.3 Å². The van der Waals surface area contributed by atoms with Crippen molar-refractivity contribution in [3.8, 4) is 17.2 Å². The van der Waals surface area contributed by atoms with Gasteiger partial charge in [-0.2, -0.15) is 0 Å². The van der Waals surface area contributed by atoms with E-state index in [-0.39, 0.29) is 0 Å². The van der Waals surface area contributed by atoms with Gasteiger partial charge >= 0.3 is 12.1 Å². The minimum absolute atomic E-state index is 0.291. The second-order valence-corrected chi connectivity index (χ2v) is 3.67. The first-order valence-corrected chi connectivity index (χ1v) is 5.60. The lowest BCUT2D eigenvalue weighted by atomic mass is 10.3. The summed E-state index contributed by atoms with van der Waals surface area (Å²) in [5.41, 5.74) is 0. The molecule has 1 N–H and O–H groups in total. The molecule has 0 saturated carbocycles. The van der Waals surface area contributed by atoms with Crippen LogP contribution in [0.1, 0.15) is 13.3 Å². The Morgan fingerprint density at radius 1 is 1.44 bits per heavy atom. The second-order valence-electron chi connectivity index (χ2n) is 3.67. The Kier molecular flexibility index (Phi) is 3.29. The molecule has 6 nitrogen and oxygen atoms in total. The zero-order valence-electron chi connectivity index (χ0n) is 10.5. The topological polar surface area (TPSA) is 66.0 Å². The molecule has 0 radical (unpaired) electrons. The molecule has 1 unspecified atom stereocenters. The van der Waals surface area contributed by atoms with Crippen molar-refractivity contribution in [1.82, 2.24) is 5.32 Å². The van der Waals surface area contributed by atoms with Crippen molar-refractivity contribution < 1.29 is 23.7 Å². The molecule has 1 heterocycles. The number of ether oxygens (including phenoxy) is 4. The average molecular weight is 253 g/mol. The van der Waals surface area contributed by atoms with E-state index in [1.807, 2.05) is 6.92 Å². The summed E-state index contributed by atoms with van der Waals surface area (Å²) in [6.45, 7) is 1.87. The summed E-state index contributed by atoms with van der Waals surface area (Å²) >= 11 is 0. The zero-order chi connectivity index (χ0) is 13.2. The molecule has 0 saturated heterocycles. The first-order valence-electron chi connectivity index (χ1n) is 5.60. The van der Waals surface area contributed by atoms with E-state index in [2.05, 4.69) is 5.32 Å². The molecule has 1 atom stereocenters. The molecule has 0 bridgehead atoms. The van der Waals surface area contributed by atoms with Gasteiger partial charge in [-0.3, -0.25) is 0 Å². The standard InChI is InChI=1S/C12H15NO5/c1-4-12(15-3)17-9-7-5-6-8(10(9)18-12)16-11(14)13-2/h5-7H,4H2,1-3H3,(H,13,14). The molecular weight excluding hydrogens is 238 g/mol. The molecule has 0 aliphatic carbocycles. The summed E-state index contributed by atoms with van der Waals surface area (Å²) in [5, 5.41) is 2.36. The van der Waals surface area contributed by atoms with Crippen LogP contribution >= 0.6 is 0 Å². The van der Waals surface area contributed by atoms with E-state index < -0.39 is 12.1 Å². The highest BCUT2D eigenvalue weighted by Crippen LogP contribution is 2.47. The van der Waals surface area contributed by atoms with Crippen molar-refractivity contribution in [3.63, 3.8) is 0 Å². The Morgan fingerprint density at radius 2 is 2.22 bits per heavy atom. The maximum atomic E-state index is 11.2. The largest absolute Gasteiger partial charge is 0.426 e. The highest BCUT2D eigenvalue weighted by atomic mass is 16.9. The molecule has 1 amide bonds. The SMILES string of the molecule is CCC1(OC)Oc2cccc(OC(=O)NC)c2O1. The van der Waals surface area contributed by atoms with Crippen LogP contribution in [0.3, 0.4) is 0 Å². The molecule has 98 valence electrons. The van der Waals surface area contributed by atoms with Gasteiger partial charge in [0, 0.05) is 14.2 Å². The van der Waals surface area contributed by atoms with E-state index in [0.717, 1.165) is 0 Å². The molecule has 1 aromatic carbocycles. The van der Waals surface area contributed by atoms with Crippen LogP contribution in [0.4, 0.5) is 4.79 Å². The number of para-hydroxylation sites is 1. The van der Waals surface area contributed by atoms with Crippen molar-refractivity contribution in [2.24, 2.45) is 0 Å². The van der Waals surface area contributed by atoms with Gasteiger partial charge in [0.2, 0.25) is 5.75 Å². The lowest BCUT2D eigenvalue weighted by molar-refractivity contribution is -0.269. The Labute approximate surface area is 105 Å². The highest BCUT2D eigenvalue weighted by Gasteiger charge is 2.42. The molecule has 1 aliphatic heterocycles. The van der Waals surface area contributed by atoms with Crippen molar-refractivity contribution >= 4 is 6.09 Å². The Bertz CT molecular complexity index is 456. The number of nitrogens with one attached hydrogen (secondary N) is 1. The number of amides is 1. The third-order valence-corrected chi connectivity index (χ3v) is 2.62. The van der Waals surface area contributed by atoms with Crippen molar-refractivity contribution in [2.45, 2.75) is 19.3 Å². The van der Waals surface area contributed by atoms with E-state index >= 15 is 0 Å². The minimum atomic E-state index is -1.15. The third-order valence-electron chi connectivity index (χ3n) is 2.62. The van der Waals surface area contributed by atoms with E-state index in [9.17, 15) is 4.79 Å². The van der Waals surface area contributed by atoms with Crippen LogP contribution in [0.25, 0.3) is 0 Å². The molecule has 0 spiro atoms. The van der Waals surface area contributed by atoms with E-state index in [4.69, 9.17) is 18.9 Å². The van der Waals surface area contributed by atoms with Gasteiger partial charge in [0.05, 0.1) is 6.42 Å². The smallest absolute Gasteiger partial charge is 0.412 e. The first-order chi connectivity index (χ1) is 8.64. The summed E-state index contributed by atoms with van der Waals surface area (Å²) in [5.74, 6) is -0.00561. The van der Waals surface area contributed by atoms with Crippen LogP contribution in [-0.2, 0) is 4.74 Å². The van der Waals surface area contributed by atoms with Gasteiger partial charge in [-0.15, -0.1) is 0 Å². The normalized spacial score (nSPS) is 20.6. The summed E-state index contributed by atoms with van der Waals surface area (Å²) in [4.78, 5) is 11.2. The summed E-state index contributed by atoms with van der Waals surface area (Å²) in [7, 11) is 2.98. The number of benzene rings is 1.